The molecule has 0 amide bonds. The molecule has 0 aromatic rings. The fraction of sp³-hybridized carbons (Fsp3) is 0.833. The summed E-state index contributed by atoms with van der Waals surface area (Å²) in [6, 6.07) is -3.91. The Morgan fingerprint density at radius 2 is 0.595 bits per heavy atom. The fourth-order valence-corrected chi connectivity index (χ4v) is 1.80. The molecule has 0 atom stereocenters. The van der Waals surface area contributed by atoms with Crippen molar-refractivity contribution in [3.63, 3.8) is 0 Å². The molecule has 0 saturated heterocycles. The third-order valence-electron chi connectivity index (χ3n) is 3.85. The Kier molecular flexibility index (Phi) is 8.45. The normalized spacial score (nSPS) is 17.1. The lowest BCUT2D eigenvalue weighted by Gasteiger charge is -2.44. The van der Waals surface area contributed by atoms with E-state index in [0.29, 0.717) is 0 Å². The van der Waals surface area contributed by atoms with E-state index in [0.717, 1.165) is 0 Å². The molecular weight excluding hydrogens is 633 g/mol. The molecule has 0 radical (unpaired) electrons. The number of halogens is 24. The van der Waals surface area contributed by atoms with E-state index >= 15 is 0 Å². The number of hydrogen-bond donors (Lipinski definition) is 0. The van der Waals surface area contributed by atoms with Crippen molar-refractivity contribution in [1.29, 1.82) is 0 Å². The van der Waals surface area contributed by atoms with Crippen LogP contribution in [0.5, 0.6) is 0 Å². The van der Waals surface area contributed by atoms with Crippen LogP contribution in [0, 0.1) is 0 Å². The molecule has 0 N–H and O–H groups in total. The minimum atomic E-state index is -9.36. The number of ether oxygens (including phenoxy) is 1. The highest BCUT2D eigenvalue weighted by molar-refractivity contribution is 6.28. The maximum atomic E-state index is 13.4. The predicted molar refractivity (Wildman–Crippen MR) is 66.8 cm³/mol. The second-order valence-corrected chi connectivity index (χ2v) is 6.58. The maximum absolute atomic E-state index is 13.4. The summed E-state index contributed by atoms with van der Waals surface area (Å²) < 4.78 is 299. The van der Waals surface area contributed by atoms with E-state index in [-0.39, 0.29) is 0 Å². The van der Waals surface area contributed by atoms with Crippen molar-refractivity contribution < 1.29 is 106 Å². The van der Waals surface area contributed by atoms with E-state index in [4.69, 9.17) is 0 Å². The van der Waals surface area contributed by atoms with Crippen molar-refractivity contribution in [1.82, 2.24) is 0 Å². The molecule has 0 unspecified atom stereocenters. The van der Waals surface area contributed by atoms with Crippen LogP contribution in [-0.2, 0) is 4.74 Å². The van der Waals surface area contributed by atoms with Crippen molar-refractivity contribution >= 4 is 11.6 Å². The number of hydrogen-bond acceptors (Lipinski definition) is 1. The molecule has 0 aliphatic rings. The largest absolute Gasteiger partial charge is 0.472 e. The zero-order valence-corrected chi connectivity index (χ0v) is 16.2. The van der Waals surface area contributed by atoms with E-state index in [1.54, 1.807) is 4.74 Å². The zero-order valence-electron chi connectivity index (χ0n) is 15.5. The minimum absolute atomic E-state index is 1.73. The molecule has 222 valence electrons. The monoisotopic (exact) mass is 632 g/mol. The van der Waals surface area contributed by atoms with Crippen molar-refractivity contribution in [3.8, 4) is 0 Å². The molecule has 0 aromatic carbocycles. The Bertz CT molecular complexity index is 877. The molecule has 0 bridgehead atoms. The Balaban J connectivity index is 7.08. The van der Waals surface area contributed by atoms with Crippen molar-refractivity contribution in [2.24, 2.45) is 0 Å². The molecule has 0 aromatic heterocycles. The van der Waals surface area contributed by atoms with E-state index in [9.17, 15) is 101 Å². The summed E-state index contributed by atoms with van der Waals surface area (Å²) in [5.74, 6) is -72.3. The van der Waals surface area contributed by atoms with Gasteiger partial charge in [-0.2, -0.15) is 101 Å². The highest BCUT2D eigenvalue weighted by Gasteiger charge is 2.98. The Morgan fingerprint density at radius 3 is 0.811 bits per heavy atom. The lowest BCUT2D eigenvalue weighted by molar-refractivity contribution is -0.483. The SMILES string of the molecule is FC(Cl)=C(F)OC(F)(F)C(F)(F)C(F)(F)C(F)(F)C(F)(F)C(F)(F)C(F)(F)C(F)(F)C(F)(F)C(F)(F)F. The molecule has 0 spiro atoms. The standard InChI is InChI=1S/C12ClF23O/c13-1(14)2(15)37-12(35,36)10(30,31)8(26,27)6(22,23)4(18,19)3(16,17)5(20,21)7(24,25)9(28,29)11(32,33)34. The van der Waals surface area contributed by atoms with Crippen molar-refractivity contribution in [3.05, 3.63) is 11.3 Å². The first-order valence-corrected chi connectivity index (χ1v) is 7.82. The first-order chi connectivity index (χ1) is 15.6. The smallest absolute Gasteiger partial charge is 0.399 e. The van der Waals surface area contributed by atoms with Gasteiger partial charge in [0.25, 0.3) is 5.29 Å². The summed E-state index contributed by atoms with van der Waals surface area (Å²) in [5, 5.41) is -3.31. The van der Waals surface area contributed by atoms with Gasteiger partial charge in [-0.25, -0.2) is 0 Å². The summed E-state index contributed by atoms with van der Waals surface area (Å²) >= 11 is 3.87. The van der Waals surface area contributed by atoms with Crippen LogP contribution in [0.3, 0.4) is 0 Å². The lowest BCUT2D eigenvalue weighted by Crippen LogP contribution is -2.76. The van der Waals surface area contributed by atoms with Crippen LogP contribution >= 0.6 is 11.6 Å². The van der Waals surface area contributed by atoms with Gasteiger partial charge in [0.2, 0.25) is 0 Å². The molecule has 0 fully saturated rings. The Morgan fingerprint density at radius 1 is 0.378 bits per heavy atom. The molecule has 0 rings (SSSR count). The second kappa shape index (κ2) is 8.88. The van der Waals surface area contributed by atoms with Crippen LogP contribution in [-0.4, -0.2) is 59.7 Å². The Labute approximate surface area is 189 Å². The van der Waals surface area contributed by atoms with Gasteiger partial charge in [-0.1, -0.05) is 0 Å². The van der Waals surface area contributed by atoms with E-state index in [1.165, 1.54) is 0 Å². The Hall–Kier alpha value is -1.78. The van der Waals surface area contributed by atoms with Crippen LogP contribution in [0.2, 0.25) is 0 Å². The molecule has 1 nitrogen and oxygen atoms in total. The molecule has 37 heavy (non-hydrogen) atoms. The molecular formula is C12ClF23O. The van der Waals surface area contributed by atoms with E-state index < -0.39 is 71.0 Å². The first kappa shape index (κ1) is 35.2. The summed E-state index contributed by atoms with van der Waals surface area (Å²) in [4.78, 5) is 0. The second-order valence-electron chi connectivity index (χ2n) is 6.25. The quantitative estimate of drug-likeness (QED) is 0.173. The van der Waals surface area contributed by atoms with Gasteiger partial charge in [-0.15, -0.1) is 0 Å². The highest BCUT2D eigenvalue weighted by atomic mass is 35.5. The van der Waals surface area contributed by atoms with Crippen LogP contribution in [0.15, 0.2) is 11.3 Å². The molecule has 0 aliphatic heterocycles. The van der Waals surface area contributed by atoms with Gasteiger partial charge in [-0.3, -0.25) is 0 Å². The minimum Gasteiger partial charge on any atom is -0.399 e. The lowest BCUT2D eigenvalue weighted by atomic mass is 9.87. The van der Waals surface area contributed by atoms with E-state index in [1.807, 2.05) is 0 Å². The van der Waals surface area contributed by atoms with Gasteiger partial charge in [0, 0.05) is 0 Å². The van der Waals surface area contributed by atoms with Crippen LogP contribution in [0.1, 0.15) is 0 Å². The predicted octanol–water partition coefficient (Wildman–Crippen LogP) is 8.54. The average molecular weight is 633 g/mol. The van der Waals surface area contributed by atoms with Gasteiger partial charge < -0.3 is 4.74 Å². The number of alkyl halides is 21. The molecule has 0 aliphatic carbocycles. The van der Waals surface area contributed by atoms with E-state index in [2.05, 4.69) is 11.6 Å². The highest BCUT2D eigenvalue weighted by Crippen LogP contribution is 2.66. The van der Waals surface area contributed by atoms with Gasteiger partial charge in [0.15, 0.2) is 0 Å². The van der Waals surface area contributed by atoms with Gasteiger partial charge in [0.05, 0.1) is 0 Å². The van der Waals surface area contributed by atoms with Crippen molar-refractivity contribution in [2.75, 3.05) is 0 Å². The summed E-state index contributed by atoms with van der Waals surface area (Å²) in [6.45, 7) is 0. The van der Waals surface area contributed by atoms with Crippen molar-refractivity contribution in [2.45, 2.75) is 59.7 Å². The fourth-order valence-electron chi connectivity index (χ4n) is 1.76. The third kappa shape index (κ3) is 4.56. The van der Waals surface area contributed by atoms with Gasteiger partial charge in [0.1, 0.15) is 0 Å². The van der Waals surface area contributed by atoms with Gasteiger partial charge in [-0.05, 0) is 11.6 Å². The summed E-state index contributed by atoms with van der Waals surface area (Å²) in [6.07, 6.45) is -15.9. The maximum Gasteiger partial charge on any atom is 0.472 e. The zero-order chi connectivity index (χ0) is 30.9. The number of rotatable bonds is 10. The van der Waals surface area contributed by atoms with Crippen LogP contribution in [0.25, 0.3) is 0 Å². The van der Waals surface area contributed by atoms with Gasteiger partial charge >= 0.3 is 65.7 Å². The molecule has 0 saturated carbocycles. The average Bonchev–Trinajstić information content (AvgIpc) is 2.65. The topological polar surface area (TPSA) is 9.23 Å². The van der Waals surface area contributed by atoms with Crippen LogP contribution in [0.4, 0.5) is 101 Å². The summed E-state index contributed by atoms with van der Waals surface area (Å²) in [7, 11) is 0. The third-order valence-corrected chi connectivity index (χ3v) is 4.00. The molecule has 25 heteroatoms. The first-order valence-electron chi connectivity index (χ1n) is 7.44. The van der Waals surface area contributed by atoms with Crippen LogP contribution < -0.4 is 0 Å². The molecule has 0 heterocycles. The summed E-state index contributed by atoms with van der Waals surface area (Å²) in [5.41, 5.74) is 0.